The van der Waals surface area contributed by atoms with Crippen molar-refractivity contribution in [2.24, 2.45) is 5.73 Å². The second-order valence-corrected chi connectivity index (χ2v) is 5.11. The van der Waals surface area contributed by atoms with Gasteiger partial charge in [0.15, 0.2) is 6.61 Å². The second-order valence-electron chi connectivity index (χ2n) is 5.11. The van der Waals surface area contributed by atoms with Crippen molar-refractivity contribution in [1.82, 2.24) is 0 Å². The van der Waals surface area contributed by atoms with Crippen LogP contribution in [0, 0.1) is 17.1 Å². The number of nitriles is 1. The Morgan fingerprint density at radius 2 is 1.76 bits per heavy atom. The molecular formula is C18H16FN3O3. The molecule has 0 atom stereocenters. The number of amides is 2. The van der Waals surface area contributed by atoms with Gasteiger partial charge < -0.3 is 15.4 Å². The van der Waals surface area contributed by atoms with Crippen LogP contribution in [0.15, 0.2) is 48.5 Å². The fourth-order valence-electron chi connectivity index (χ4n) is 2.12. The Balaban J connectivity index is 2.04. The van der Waals surface area contributed by atoms with Crippen LogP contribution in [0.3, 0.4) is 0 Å². The van der Waals surface area contributed by atoms with Gasteiger partial charge in [0, 0.05) is 17.8 Å². The van der Waals surface area contributed by atoms with Gasteiger partial charge >= 0.3 is 0 Å². The molecule has 6 nitrogen and oxygen atoms in total. The summed E-state index contributed by atoms with van der Waals surface area (Å²) in [6.45, 7) is -0.0936. The van der Waals surface area contributed by atoms with Gasteiger partial charge in [0.1, 0.15) is 11.6 Å². The van der Waals surface area contributed by atoms with Crippen LogP contribution < -0.4 is 15.4 Å². The van der Waals surface area contributed by atoms with E-state index in [4.69, 9.17) is 15.7 Å². The molecule has 25 heavy (non-hydrogen) atoms. The average Bonchev–Trinajstić information content (AvgIpc) is 2.62. The number of benzene rings is 2. The molecule has 0 aliphatic rings. The third-order valence-electron chi connectivity index (χ3n) is 3.39. The summed E-state index contributed by atoms with van der Waals surface area (Å²) in [7, 11) is 0. The van der Waals surface area contributed by atoms with Gasteiger partial charge in [-0.2, -0.15) is 5.26 Å². The Labute approximate surface area is 144 Å². The Hall–Kier alpha value is -3.40. The Kier molecular flexibility index (Phi) is 6.07. The van der Waals surface area contributed by atoms with E-state index < -0.39 is 11.7 Å². The quantitative estimate of drug-likeness (QED) is 0.835. The first-order valence-corrected chi connectivity index (χ1v) is 7.47. The van der Waals surface area contributed by atoms with Crippen LogP contribution in [-0.4, -0.2) is 25.0 Å². The molecule has 2 amide bonds. The molecule has 128 valence electrons. The summed E-state index contributed by atoms with van der Waals surface area (Å²) >= 11 is 0. The molecule has 0 bridgehead atoms. The van der Waals surface area contributed by atoms with Crippen molar-refractivity contribution in [2.45, 2.75) is 6.42 Å². The first-order chi connectivity index (χ1) is 12.0. The molecule has 0 spiro atoms. The molecule has 0 saturated heterocycles. The molecule has 0 saturated carbocycles. The number of nitrogens with two attached hydrogens (primary N) is 1. The highest BCUT2D eigenvalue weighted by Crippen LogP contribution is 2.17. The maximum Gasteiger partial charge on any atom is 0.264 e. The van der Waals surface area contributed by atoms with Crippen molar-refractivity contribution < 1.29 is 18.7 Å². The van der Waals surface area contributed by atoms with Gasteiger partial charge in [0.05, 0.1) is 12.5 Å². The van der Waals surface area contributed by atoms with Crippen LogP contribution >= 0.6 is 0 Å². The zero-order valence-corrected chi connectivity index (χ0v) is 13.3. The van der Waals surface area contributed by atoms with E-state index in [1.54, 1.807) is 0 Å². The monoisotopic (exact) mass is 341 g/mol. The van der Waals surface area contributed by atoms with Gasteiger partial charge in [0.2, 0.25) is 5.91 Å². The highest BCUT2D eigenvalue weighted by molar-refractivity contribution is 5.94. The van der Waals surface area contributed by atoms with E-state index in [2.05, 4.69) is 0 Å². The SMILES string of the molecule is N#CCCN(C(=O)COc1ccc(C(N)=O)cc1)c1ccc(F)cc1. The van der Waals surface area contributed by atoms with Gasteiger partial charge in [-0.15, -0.1) is 0 Å². The lowest BCUT2D eigenvalue weighted by Gasteiger charge is -2.22. The topological polar surface area (TPSA) is 96.4 Å². The van der Waals surface area contributed by atoms with E-state index in [0.29, 0.717) is 17.0 Å². The maximum atomic E-state index is 13.0. The Morgan fingerprint density at radius 3 is 2.32 bits per heavy atom. The number of nitrogens with zero attached hydrogens (tertiary/aromatic N) is 2. The average molecular weight is 341 g/mol. The molecule has 2 rings (SSSR count). The van der Waals surface area contributed by atoms with Gasteiger partial charge in [-0.05, 0) is 48.5 Å². The minimum atomic E-state index is -0.554. The number of carbonyl (C=O) groups excluding carboxylic acids is 2. The van der Waals surface area contributed by atoms with Crippen molar-refractivity contribution in [3.63, 3.8) is 0 Å². The first kappa shape index (κ1) is 17.9. The minimum absolute atomic E-state index is 0.135. The molecular weight excluding hydrogens is 325 g/mol. The van der Waals surface area contributed by atoms with Crippen LogP contribution in [0.1, 0.15) is 16.8 Å². The maximum absolute atomic E-state index is 13.0. The van der Waals surface area contributed by atoms with Crippen molar-refractivity contribution >= 4 is 17.5 Å². The van der Waals surface area contributed by atoms with Crippen molar-refractivity contribution in [3.05, 3.63) is 59.9 Å². The normalized spacial score (nSPS) is 9.92. The highest BCUT2D eigenvalue weighted by Gasteiger charge is 2.16. The Morgan fingerprint density at radius 1 is 1.12 bits per heavy atom. The molecule has 0 aliphatic heterocycles. The third-order valence-corrected chi connectivity index (χ3v) is 3.39. The number of anilines is 1. The summed E-state index contributed by atoms with van der Waals surface area (Å²) in [4.78, 5) is 24.8. The van der Waals surface area contributed by atoms with Crippen LogP contribution in [-0.2, 0) is 4.79 Å². The van der Waals surface area contributed by atoms with Crippen LogP contribution in [0.25, 0.3) is 0 Å². The second kappa shape index (κ2) is 8.45. The smallest absolute Gasteiger partial charge is 0.264 e. The van der Waals surface area contributed by atoms with Gasteiger partial charge in [0.25, 0.3) is 5.91 Å². The molecule has 0 aliphatic carbocycles. The zero-order chi connectivity index (χ0) is 18.2. The fourth-order valence-corrected chi connectivity index (χ4v) is 2.12. The lowest BCUT2D eigenvalue weighted by molar-refractivity contribution is -0.120. The summed E-state index contributed by atoms with van der Waals surface area (Å²) in [6.07, 6.45) is 0.135. The molecule has 0 unspecified atom stereocenters. The summed E-state index contributed by atoms with van der Waals surface area (Å²) in [5.41, 5.74) is 5.97. The Bertz CT molecular complexity index is 783. The van der Waals surface area contributed by atoms with E-state index in [-0.39, 0.29) is 25.5 Å². The molecule has 0 fully saturated rings. The number of hydrogen-bond acceptors (Lipinski definition) is 4. The highest BCUT2D eigenvalue weighted by atomic mass is 19.1. The number of ether oxygens (including phenoxy) is 1. The van der Waals surface area contributed by atoms with Crippen LogP contribution in [0.4, 0.5) is 10.1 Å². The fraction of sp³-hybridized carbons (Fsp3) is 0.167. The van der Waals surface area contributed by atoms with Gasteiger partial charge in [-0.3, -0.25) is 9.59 Å². The van der Waals surface area contributed by atoms with Crippen LogP contribution in [0.5, 0.6) is 5.75 Å². The third kappa shape index (κ3) is 5.04. The number of hydrogen-bond donors (Lipinski definition) is 1. The molecule has 0 radical (unpaired) electrons. The van der Waals surface area contributed by atoms with E-state index in [0.717, 1.165) is 0 Å². The number of halogens is 1. The summed E-state index contributed by atoms with van der Waals surface area (Å²) < 4.78 is 18.5. The van der Waals surface area contributed by atoms with Gasteiger partial charge in [-0.1, -0.05) is 0 Å². The largest absolute Gasteiger partial charge is 0.484 e. The molecule has 0 heterocycles. The summed E-state index contributed by atoms with van der Waals surface area (Å²) in [5, 5.41) is 8.75. The number of carbonyl (C=O) groups is 2. The molecule has 2 aromatic rings. The predicted octanol–water partition coefficient (Wildman–Crippen LogP) is 2.25. The standard InChI is InChI=1S/C18H16FN3O3/c19-14-4-6-15(7-5-14)22(11-1-10-20)17(23)12-25-16-8-2-13(3-9-16)18(21)24/h2-9H,1,11-12H2,(H2,21,24). The zero-order valence-electron chi connectivity index (χ0n) is 13.3. The molecule has 2 N–H and O–H groups in total. The van der Waals surface area contributed by atoms with E-state index >= 15 is 0 Å². The van der Waals surface area contributed by atoms with Gasteiger partial charge in [-0.25, -0.2) is 4.39 Å². The number of rotatable bonds is 7. The summed E-state index contributed by atoms with van der Waals surface area (Å²) in [5.74, 6) is -0.942. The van der Waals surface area contributed by atoms with Crippen molar-refractivity contribution in [2.75, 3.05) is 18.1 Å². The van der Waals surface area contributed by atoms with Crippen LogP contribution in [0.2, 0.25) is 0 Å². The molecule has 2 aromatic carbocycles. The van der Waals surface area contributed by atoms with E-state index in [1.165, 1.54) is 53.4 Å². The lowest BCUT2D eigenvalue weighted by atomic mass is 10.2. The molecule has 7 heteroatoms. The van der Waals surface area contributed by atoms with Crippen molar-refractivity contribution in [3.8, 4) is 11.8 Å². The summed E-state index contributed by atoms with van der Waals surface area (Å²) in [6, 6.07) is 13.4. The lowest BCUT2D eigenvalue weighted by Crippen LogP contribution is -2.35. The van der Waals surface area contributed by atoms with E-state index in [9.17, 15) is 14.0 Å². The van der Waals surface area contributed by atoms with E-state index in [1.807, 2.05) is 6.07 Å². The predicted molar refractivity (Wildman–Crippen MR) is 89.4 cm³/mol. The number of primary amides is 1. The minimum Gasteiger partial charge on any atom is -0.484 e. The molecule has 0 aromatic heterocycles. The first-order valence-electron chi connectivity index (χ1n) is 7.47. The van der Waals surface area contributed by atoms with Crippen molar-refractivity contribution in [1.29, 1.82) is 5.26 Å².